The van der Waals surface area contributed by atoms with Crippen molar-refractivity contribution in [3.05, 3.63) is 0 Å². The van der Waals surface area contributed by atoms with E-state index in [0.29, 0.717) is 6.61 Å². The summed E-state index contributed by atoms with van der Waals surface area (Å²) in [6.45, 7) is 0.647. The fraction of sp³-hybridized carbons (Fsp3) is 0.857. The van der Waals surface area contributed by atoms with Crippen molar-refractivity contribution in [2.45, 2.75) is 19.1 Å². The molecular weight excluding hydrogens is 226 g/mol. The van der Waals surface area contributed by atoms with Crippen LogP contribution in [0.2, 0.25) is 0 Å². The molecule has 5 heteroatoms. The lowest BCUT2D eigenvalue weighted by Crippen LogP contribution is -2.41. The summed E-state index contributed by atoms with van der Waals surface area (Å²) < 4.78 is 9.65. The molecule has 0 spiro atoms. The first kappa shape index (κ1) is 11.9. The van der Waals surface area contributed by atoms with Crippen LogP contribution in [0.1, 0.15) is 12.8 Å². The van der Waals surface area contributed by atoms with Gasteiger partial charge in [0.05, 0.1) is 13.0 Å². The molecule has 1 aliphatic rings. The number of hydrogen-bond acceptors (Lipinski definition) is 4. The molecule has 1 heterocycles. The smallest absolute Gasteiger partial charge is 0.312 e. The first-order valence-corrected chi connectivity index (χ1v) is 3.70. The predicted octanol–water partition coefficient (Wildman–Crippen LogP) is 0.449. The number of ether oxygens (including phenoxy) is 2. The van der Waals surface area contributed by atoms with Gasteiger partial charge in [0.15, 0.2) is 0 Å². The maximum Gasteiger partial charge on any atom is 0.312 e. The minimum Gasteiger partial charge on any atom is -0.469 e. The molecular formula is C7H14BrNO3. The number of halogens is 1. The van der Waals surface area contributed by atoms with E-state index in [9.17, 15) is 4.79 Å². The molecule has 2 unspecified atom stereocenters. The highest BCUT2D eigenvalue weighted by Gasteiger charge is 2.29. The monoisotopic (exact) mass is 239 g/mol. The standard InChI is InChI=1S/C7H13NO3.BrH/c1-10-7(9)5-3-2-4-11-6(5)8;/h5-6H,2-4,8H2,1H3;1H. The molecule has 12 heavy (non-hydrogen) atoms. The molecule has 1 rings (SSSR count). The second kappa shape index (κ2) is 5.50. The van der Waals surface area contributed by atoms with Crippen molar-refractivity contribution < 1.29 is 14.3 Å². The van der Waals surface area contributed by atoms with Crippen molar-refractivity contribution in [2.24, 2.45) is 11.7 Å². The van der Waals surface area contributed by atoms with E-state index in [1.165, 1.54) is 7.11 Å². The van der Waals surface area contributed by atoms with Gasteiger partial charge in [-0.15, -0.1) is 17.0 Å². The average molecular weight is 240 g/mol. The average Bonchev–Trinajstić information content (AvgIpc) is 2.04. The van der Waals surface area contributed by atoms with E-state index in [-0.39, 0.29) is 28.9 Å². The van der Waals surface area contributed by atoms with Crippen molar-refractivity contribution in [1.82, 2.24) is 0 Å². The minimum atomic E-state index is -0.476. The summed E-state index contributed by atoms with van der Waals surface area (Å²) in [7, 11) is 1.36. The lowest BCUT2D eigenvalue weighted by molar-refractivity contribution is -0.154. The third-order valence-electron chi connectivity index (χ3n) is 1.87. The molecule has 0 aromatic carbocycles. The van der Waals surface area contributed by atoms with Gasteiger partial charge in [-0.1, -0.05) is 0 Å². The molecule has 1 aliphatic heterocycles. The van der Waals surface area contributed by atoms with E-state index < -0.39 is 6.23 Å². The number of esters is 1. The molecule has 0 bridgehead atoms. The first-order valence-electron chi connectivity index (χ1n) is 3.70. The first-order chi connectivity index (χ1) is 5.25. The third kappa shape index (κ3) is 2.73. The molecule has 2 N–H and O–H groups in total. The van der Waals surface area contributed by atoms with Gasteiger partial charge >= 0.3 is 5.97 Å². The summed E-state index contributed by atoms with van der Waals surface area (Å²) in [5.41, 5.74) is 5.53. The summed E-state index contributed by atoms with van der Waals surface area (Å²) in [6.07, 6.45) is 1.18. The largest absolute Gasteiger partial charge is 0.469 e. The predicted molar refractivity (Wildman–Crippen MR) is 49.0 cm³/mol. The van der Waals surface area contributed by atoms with Crippen LogP contribution in [0.4, 0.5) is 0 Å². The van der Waals surface area contributed by atoms with Gasteiger partial charge in [0.25, 0.3) is 0 Å². The van der Waals surface area contributed by atoms with Crippen LogP contribution in [0.15, 0.2) is 0 Å². The highest BCUT2D eigenvalue weighted by molar-refractivity contribution is 8.93. The van der Waals surface area contributed by atoms with Gasteiger partial charge in [-0.2, -0.15) is 0 Å². The SMILES string of the molecule is Br.COC(=O)C1CCCOC1N. The Balaban J connectivity index is 0.00000121. The lowest BCUT2D eigenvalue weighted by Gasteiger charge is -2.26. The third-order valence-corrected chi connectivity index (χ3v) is 1.87. The van der Waals surface area contributed by atoms with Gasteiger partial charge < -0.3 is 15.2 Å². The van der Waals surface area contributed by atoms with Crippen LogP contribution in [0.25, 0.3) is 0 Å². The normalized spacial score (nSPS) is 28.8. The van der Waals surface area contributed by atoms with E-state index in [0.717, 1.165) is 12.8 Å². The van der Waals surface area contributed by atoms with Crippen molar-refractivity contribution >= 4 is 23.0 Å². The number of carbonyl (C=O) groups excluding carboxylic acids is 1. The summed E-state index contributed by atoms with van der Waals surface area (Å²) >= 11 is 0. The maximum atomic E-state index is 11.0. The summed E-state index contributed by atoms with van der Waals surface area (Å²) in [6, 6.07) is 0. The van der Waals surface area contributed by atoms with Gasteiger partial charge in [0.1, 0.15) is 6.23 Å². The topological polar surface area (TPSA) is 61.5 Å². The molecule has 0 aromatic heterocycles. The number of rotatable bonds is 1. The van der Waals surface area contributed by atoms with E-state index >= 15 is 0 Å². The van der Waals surface area contributed by atoms with E-state index in [2.05, 4.69) is 4.74 Å². The zero-order valence-corrected chi connectivity index (χ0v) is 8.70. The van der Waals surface area contributed by atoms with Crippen molar-refractivity contribution in [1.29, 1.82) is 0 Å². The van der Waals surface area contributed by atoms with Crippen LogP contribution in [-0.2, 0) is 14.3 Å². The fourth-order valence-corrected chi connectivity index (χ4v) is 1.21. The fourth-order valence-electron chi connectivity index (χ4n) is 1.21. The van der Waals surface area contributed by atoms with Crippen LogP contribution in [0.3, 0.4) is 0 Å². The molecule has 72 valence electrons. The van der Waals surface area contributed by atoms with E-state index in [4.69, 9.17) is 10.5 Å². The molecule has 0 amide bonds. The molecule has 1 fully saturated rings. The second-order valence-corrected chi connectivity index (χ2v) is 2.61. The number of carbonyl (C=O) groups is 1. The Bertz CT molecular complexity index is 154. The van der Waals surface area contributed by atoms with E-state index in [1.54, 1.807) is 0 Å². The Kier molecular flexibility index (Phi) is 5.44. The molecule has 0 aromatic rings. The zero-order valence-electron chi connectivity index (χ0n) is 6.99. The molecule has 4 nitrogen and oxygen atoms in total. The van der Waals surface area contributed by atoms with Crippen molar-refractivity contribution in [2.75, 3.05) is 13.7 Å². The van der Waals surface area contributed by atoms with Crippen LogP contribution in [0.5, 0.6) is 0 Å². The Hall–Kier alpha value is -0.130. The molecule has 0 saturated carbocycles. The van der Waals surface area contributed by atoms with Gasteiger partial charge in [-0.25, -0.2) is 0 Å². The summed E-state index contributed by atoms with van der Waals surface area (Å²) in [5.74, 6) is -0.536. The Labute approximate surface area is 82.2 Å². The van der Waals surface area contributed by atoms with Gasteiger partial charge in [-0.05, 0) is 12.8 Å². The Morgan fingerprint density at radius 1 is 1.67 bits per heavy atom. The van der Waals surface area contributed by atoms with Crippen LogP contribution in [0, 0.1) is 5.92 Å². The van der Waals surface area contributed by atoms with Crippen LogP contribution >= 0.6 is 17.0 Å². The number of methoxy groups -OCH3 is 1. The quantitative estimate of drug-likeness (QED) is 0.676. The van der Waals surface area contributed by atoms with Crippen LogP contribution < -0.4 is 5.73 Å². The summed E-state index contributed by atoms with van der Waals surface area (Å²) in [5, 5.41) is 0. The highest BCUT2D eigenvalue weighted by Crippen LogP contribution is 2.18. The lowest BCUT2D eigenvalue weighted by atomic mass is 10.00. The molecule has 0 radical (unpaired) electrons. The molecule has 2 atom stereocenters. The van der Waals surface area contributed by atoms with E-state index in [1.807, 2.05) is 0 Å². The number of hydrogen-bond donors (Lipinski definition) is 1. The minimum absolute atomic E-state index is 0. The van der Waals surface area contributed by atoms with Gasteiger partial charge in [0, 0.05) is 6.61 Å². The Morgan fingerprint density at radius 3 is 2.83 bits per heavy atom. The van der Waals surface area contributed by atoms with Gasteiger partial charge in [0.2, 0.25) is 0 Å². The highest BCUT2D eigenvalue weighted by atomic mass is 79.9. The van der Waals surface area contributed by atoms with Crippen molar-refractivity contribution in [3.8, 4) is 0 Å². The number of nitrogens with two attached hydrogens (primary N) is 1. The van der Waals surface area contributed by atoms with Crippen LogP contribution in [-0.4, -0.2) is 25.9 Å². The zero-order chi connectivity index (χ0) is 8.27. The maximum absolute atomic E-state index is 11.0. The van der Waals surface area contributed by atoms with Gasteiger partial charge in [-0.3, -0.25) is 4.79 Å². The van der Waals surface area contributed by atoms with Crippen molar-refractivity contribution in [3.63, 3.8) is 0 Å². The Morgan fingerprint density at radius 2 is 2.33 bits per heavy atom. The molecule has 1 saturated heterocycles. The summed E-state index contributed by atoms with van der Waals surface area (Å²) in [4.78, 5) is 11.0. The second-order valence-electron chi connectivity index (χ2n) is 2.61. The molecule has 0 aliphatic carbocycles.